The predicted molar refractivity (Wildman–Crippen MR) is 110 cm³/mol. The molecule has 0 fully saturated rings. The summed E-state index contributed by atoms with van der Waals surface area (Å²) in [6.45, 7) is -1.000. The highest BCUT2D eigenvalue weighted by Crippen LogP contribution is 2.04. The molecule has 1 heterocycles. The van der Waals surface area contributed by atoms with Crippen molar-refractivity contribution >= 4 is 35.6 Å². The molecular formula is C18H26N6O10. The van der Waals surface area contributed by atoms with Gasteiger partial charge in [0.15, 0.2) is 0 Å². The molecule has 0 saturated carbocycles. The van der Waals surface area contributed by atoms with Gasteiger partial charge in [0, 0.05) is 24.7 Å². The van der Waals surface area contributed by atoms with Crippen molar-refractivity contribution in [1.82, 2.24) is 25.9 Å². The first-order chi connectivity index (χ1) is 15.9. The van der Waals surface area contributed by atoms with Crippen LogP contribution < -0.4 is 21.7 Å². The number of nitrogens with two attached hydrogens (primary N) is 1. The van der Waals surface area contributed by atoms with Gasteiger partial charge < -0.3 is 47.1 Å². The van der Waals surface area contributed by atoms with Gasteiger partial charge >= 0.3 is 17.9 Å². The van der Waals surface area contributed by atoms with Crippen molar-refractivity contribution < 1.29 is 49.2 Å². The van der Waals surface area contributed by atoms with Crippen LogP contribution in [0.25, 0.3) is 0 Å². The molecule has 0 aromatic carbocycles. The Morgan fingerprint density at radius 1 is 0.912 bits per heavy atom. The molecular weight excluding hydrogens is 460 g/mol. The zero-order chi connectivity index (χ0) is 25.8. The van der Waals surface area contributed by atoms with Crippen LogP contribution in [0.15, 0.2) is 12.5 Å². The van der Waals surface area contributed by atoms with E-state index in [0.717, 1.165) is 0 Å². The first-order valence-corrected chi connectivity index (χ1v) is 9.85. The molecule has 1 aromatic heterocycles. The molecule has 3 amide bonds. The van der Waals surface area contributed by atoms with Gasteiger partial charge in [-0.25, -0.2) is 9.78 Å². The standard InChI is InChI=1S/C18H26N6O10/c19-9(3-8-5-20-7-21-8)15(30)22-10(1-2-13(26)27)16(31)23-11(4-14(28)29)17(32)24-12(6-25)18(33)34/h5,7,9-12,25H,1-4,6,19H2,(H,20,21)(H,22,30)(H,23,31)(H,24,32)(H,26,27)(H,28,29)(H,33,34). The number of hydrogen-bond donors (Lipinski definition) is 9. The van der Waals surface area contributed by atoms with Crippen LogP contribution in [0.4, 0.5) is 0 Å². The number of rotatable bonds is 15. The normalized spacial score (nSPS) is 14.2. The molecule has 16 nitrogen and oxygen atoms in total. The lowest BCUT2D eigenvalue weighted by molar-refractivity contribution is -0.144. The van der Waals surface area contributed by atoms with Gasteiger partial charge in [-0.05, 0) is 6.42 Å². The highest BCUT2D eigenvalue weighted by atomic mass is 16.4. The lowest BCUT2D eigenvalue weighted by Gasteiger charge is -2.24. The fraction of sp³-hybridized carbons (Fsp3) is 0.500. The number of aliphatic hydroxyl groups is 1. The summed E-state index contributed by atoms with van der Waals surface area (Å²) in [6, 6.07) is -6.21. The number of imidazole rings is 1. The van der Waals surface area contributed by atoms with E-state index in [0.29, 0.717) is 5.69 Å². The number of carboxylic acid groups (broad SMARTS) is 3. The van der Waals surface area contributed by atoms with Gasteiger partial charge in [0.25, 0.3) is 0 Å². The second kappa shape index (κ2) is 13.5. The van der Waals surface area contributed by atoms with Gasteiger partial charge in [-0.2, -0.15) is 0 Å². The minimum atomic E-state index is -1.79. The largest absolute Gasteiger partial charge is 0.481 e. The highest BCUT2D eigenvalue weighted by Gasteiger charge is 2.31. The van der Waals surface area contributed by atoms with Gasteiger partial charge in [-0.15, -0.1) is 0 Å². The third kappa shape index (κ3) is 9.61. The third-order valence-electron chi connectivity index (χ3n) is 4.42. The predicted octanol–water partition coefficient (Wildman–Crippen LogP) is -3.85. The van der Waals surface area contributed by atoms with E-state index in [1.165, 1.54) is 12.5 Å². The van der Waals surface area contributed by atoms with E-state index >= 15 is 0 Å². The first-order valence-electron chi connectivity index (χ1n) is 9.85. The zero-order valence-electron chi connectivity index (χ0n) is 17.8. The average molecular weight is 486 g/mol. The van der Waals surface area contributed by atoms with Crippen LogP contribution in [-0.4, -0.2) is 96.8 Å². The number of aromatic nitrogens is 2. The molecule has 4 unspecified atom stereocenters. The molecule has 0 bridgehead atoms. The Balaban J connectivity index is 2.95. The molecule has 4 atom stereocenters. The Hall–Kier alpha value is -4.05. The molecule has 188 valence electrons. The maximum atomic E-state index is 12.7. The van der Waals surface area contributed by atoms with Gasteiger partial charge in [0.2, 0.25) is 17.7 Å². The van der Waals surface area contributed by atoms with Crippen LogP contribution in [0.1, 0.15) is 25.0 Å². The van der Waals surface area contributed by atoms with Crippen molar-refractivity contribution in [2.45, 2.75) is 49.9 Å². The minimum absolute atomic E-state index is 0.0148. The number of nitrogens with one attached hydrogen (secondary N) is 4. The van der Waals surface area contributed by atoms with Crippen molar-refractivity contribution in [2.75, 3.05) is 6.61 Å². The molecule has 0 aliphatic heterocycles. The van der Waals surface area contributed by atoms with E-state index in [1.807, 2.05) is 5.32 Å². The van der Waals surface area contributed by atoms with E-state index in [9.17, 15) is 28.8 Å². The number of carbonyl (C=O) groups is 6. The first kappa shape index (κ1) is 28.0. The van der Waals surface area contributed by atoms with Crippen LogP contribution in [0.2, 0.25) is 0 Å². The molecule has 0 aliphatic rings. The van der Waals surface area contributed by atoms with Crippen molar-refractivity contribution in [3.63, 3.8) is 0 Å². The number of aliphatic carboxylic acids is 3. The quantitative estimate of drug-likeness (QED) is 0.115. The smallest absolute Gasteiger partial charge is 0.328 e. The summed E-state index contributed by atoms with van der Waals surface area (Å²) >= 11 is 0. The molecule has 0 radical (unpaired) electrons. The number of hydrogen-bond acceptors (Lipinski definition) is 9. The molecule has 10 N–H and O–H groups in total. The minimum Gasteiger partial charge on any atom is -0.481 e. The monoisotopic (exact) mass is 486 g/mol. The van der Waals surface area contributed by atoms with Gasteiger partial charge in [0.1, 0.15) is 18.1 Å². The van der Waals surface area contributed by atoms with E-state index < -0.39 is 85.7 Å². The van der Waals surface area contributed by atoms with Crippen molar-refractivity contribution in [1.29, 1.82) is 0 Å². The Kier molecular flexibility index (Phi) is 11.1. The number of aliphatic hydroxyl groups excluding tert-OH is 1. The second-order valence-electron chi connectivity index (χ2n) is 7.12. The summed E-state index contributed by atoms with van der Waals surface area (Å²) in [5.41, 5.74) is 6.32. The van der Waals surface area contributed by atoms with Crippen molar-refractivity contribution in [2.24, 2.45) is 5.73 Å². The zero-order valence-corrected chi connectivity index (χ0v) is 17.8. The fourth-order valence-electron chi connectivity index (χ4n) is 2.66. The highest BCUT2D eigenvalue weighted by molar-refractivity contribution is 5.95. The van der Waals surface area contributed by atoms with Crippen molar-refractivity contribution in [3.8, 4) is 0 Å². The number of H-pyrrole nitrogens is 1. The second-order valence-corrected chi connectivity index (χ2v) is 7.12. The summed E-state index contributed by atoms with van der Waals surface area (Å²) in [4.78, 5) is 77.0. The molecule has 1 aromatic rings. The Morgan fingerprint density at radius 3 is 2.00 bits per heavy atom. The molecule has 0 aliphatic carbocycles. The van der Waals surface area contributed by atoms with Gasteiger partial charge in [-0.3, -0.25) is 24.0 Å². The summed E-state index contributed by atoms with van der Waals surface area (Å²) < 4.78 is 0. The Labute approximate surface area is 191 Å². The van der Waals surface area contributed by atoms with Crippen LogP contribution in [0, 0.1) is 0 Å². The molecule has 0 spiro atoms. The van der Waals surface area contributed by atoms with Crippen molar-refractivity contribution in [3.05, 3.63) is 18.2 Å². The summed E-state index contributed by atoms with van der Waals surface area (Å²) in [7, 11) is 0. The number of carboxylic acids is 3. The molecule has 16 heteroatoms. The van der Waals surface area contributed by atoms with Gasteiger partial charge in [0.05, 0.1) is 25.4 Å². The number of amides is 3. The number of aromatic amines is 1. The maximum Gasteiger partial charge on any atom is 0.328 e. The summed E-state index contributed by atoms with van der Waals surface area (Å²) in [5, 5.41) is 42.1. The van der Waals surface area contributed by atoms with Crippen LogP contribution in [0.5, 0.6) is 0 Å². The SMILES string of the molecule is NC(Cc1cnc[nH]1)C(=O)NC(CCC(=O)O)C(=O)NC(CC(=O)O)C(=O)NC(CO)C(=O)O. The topological polar surface area (TPSA) is 274 Å². The van der Waals surface area contributed by atoms with E-state index in [1.54, 1.807) is 0 Å². The summed E-state index contributed by atoms with van der Waals surface area (Å²) in [6.07, 6.45) is 0.861. The Bertz CT molecular complexity index is 890. The van der Waals surface area contributed by atoms with Crippen LogP contribution in [0.3, 0.4) is 0 Å². The van der Waals surface area contributed by atoms with Crippen LogP contribution in [-0.2, 0) is 35.2 Å². The molecule has 1 rings (SSSR count). The maximum absolute atomic E-state index is 12.7. The van der Waals surface area contributed by atoms with Crippen LogP contribution >= 0.6 is 0 Å². The fourth-order valence-corrected chi connectivity index (χ4v) is 2.66. The van der Waals surface area contributed by atoms with E-state index in [4.69, 9.17) is 26.2 Å². The number of nitrogens with zero attached hydrogens (tertiary/aromatic N) is 1. The lowest BCUT2D eigenvalue weighted by atomic mass is 10.1. The van der Waals surface area contributed by atoms with Gasteiger partial charge in [-0.1, -0.05) is 0 Å². The average Bonchev–Trinajstić information content (AvgIpc) is 3.26. The third-order valence-corrected chi connectivity index (χ3v) is 4.42. The molecule has 0 saturated heterocycles. The van der Waals surface area contributed by atoms with E-state index in [2.05, 4.69) is 20.6 Å². The number of carbonyl (C=O) groups excluding carboxylic acids is 3. The van der Waals surface area contributed by atoms with E-state index in [-0.39, 0.29) is 6.42 Å². The lowest BCUT2D eigenvalue weighted by Crippen LogP contribution is -2.58. The summed E-state index contributed by atoms with van der Waals surface area (Å²) in [5.74, 6) is -7.57. The molecule has 34 heavy (non-hydrogen) atoms. The Morgan fingerprint density at radius 2 is 1.50 bits per heavy atom.